The number of carbonyl (C=O) groups excluding carboxylic acids is 1. The number of nitrogens with zero attached hydrogens (tertiary/aromatic N) is 1. The van der Waals surface area contributed by atoms with Crippen LogP contribution in [0.5, 0.6) is 5.75 Å². The fraction of sp³-hybridized carbons (Fsp3) is 0.533. The second-order valence-electron chi connectivity index (χ2n) is 5.56. The van der Waals surface area contributed by atoms with E-state index in [1.807, 2.05) is 17.0 Å². The van der Waals surface area contributed by atoms with Crippen molar-refractivity contribution in [3.63, 3.8) is 0 Å². The minimum atomic E-state index is 0.158. The second-order valence-corrected chi connectivity index (χ2v) is 5.56. The topological polar surface area (TPSA) is 40.5 Å². The molecule has 3 rings (SSSR count). The molecule has 2 atom stereocenters. The SMILES string of the molecule is O=C(Cc1ccccc1O)N1CC2CCCC2C1. The molecular weight excluding hydrogens is 226 g/mol. The third kappa shape index (κ3) is 2.09. The average Bonchev–Trinajstić information content (AvgIpc) is 2.92. The Morgan fingerprint density at radius 2 is 1.89 bits per heavy atom. The number of phenols is 1. The molecule has 3 nitrogen and oxygen atoms in total. The van der Waals surface area contributed by atoms with Gasteiger partial charge in [-0.15, -0.1) is 0 Å². The van der Waals surface area contributed by atoms with Gasteiger partial charge in [-0.05, 0) is 30.7 Å². The lowest BCUT2D eigenvalue weighted by Gasteiger charge is -2.17. The van der Waals surface area contributed by atoms with Crippen LogP contribution in [0.15, 0.2) is 24.3 Å². The quantitative estimate of drug-likeness (QED) is 0.867. The van der Waals surface area contributed by atoms with Gasteiger partial charge in [0.1, 0.15) is 5.75 Å². The first-order valence-corrected chi connectivity index (χ1v) is 6.78. The molecule has 2 unspecified atom stereocenters. The lowest BCUT2D eigenvalue weighted by atomic mass is 10.0. The molecule has 1 N–H and O–H groups in total. The fourth-order valence-corrected chi connectivity index (χ4v) is 3.37. The zero-order valence-corrected chi connectivity index (χ0v) is 10.5. The van der Waals surface area contributed by atoms with Gasteiger partial charge in [-0.25, -0.2) is 0 Å². The predicted octanol–water partition coefficient (Wildman–Crippen LogP) is 2.19. The molecule has 1 heterocycles. The van der Waals surface area contributed by atoms with Gasteiger partial charge in [0.15, 0.2) is 0 Å². The first kappa shape index (κ1) is 11.6. The van der Waals surface area contributed by atoms with E-state index in [9.17, 15) is 9.90 Å². The van der Waals surface area contributed by atoms with Crippen molar-refractivity contribution in [3.8, 4) is 5.75 Å². The lowest BCUT2D eigenvalue weighted by Crippen LogP contribution is -2.30. The molecule has 1 saturated heterocycles. The number of amides is 1. The van der Waals surface area contributed by atoms with Crippen LogP contribution in [0.25, 0.3) is 0 Å². The number of phenolic OH excluding ortho intramolecular Hbond substituents is 1. The van der Waals surface area contributed by atoms with Crippen LogP contribution in [-0.4, -0.2) is 29.0 Å². The molecule has 1 saturated carbocycles. The summed E-state index contributed by atoms with van der Waals surface area (Å²) >= 11 is 0. The second kappa shape index (κ2) is 4.63. The molecule has 0 spiro atoms. The molecule has 0 bridgehead atoms. The first-order chi connectivity index (χ1) is 8.74. The van der Waals surface area contributed by atoms with Crippen LogP contribution in [0.3, 0.4) is 0 Å². The van der Waals surface area contributed by atoms with Crippen LogP contribution < -0.4 is 0 Å². The highest BCUT2D eigenvalue weighted by Gasteiger charge is 2.37. The Bertz CT molecular complexity index is 446. The molecule has 2 aliphatic rings. The van der Waals surface area contributed by atoms with Gasteiger partial charge in [0, 0.05) is 18.7 Å². The van der Waals surface area contributed by atoms with Gasteiger partial charge < -0.3 is 10.0 Å². The molecule has 1 amide bonds. The van der Waals surface area contributed by atoms with Crippen molar-refractivity contribution in [2.24, 2.45) is 11.8 Å². The number of hydrogen-bond acceptors (Lipinski definition) is 2. The number of rotatable bonds is 2. The van der Waals surface area contributed by atoms with Crippen LogP contribution in [0, 0.1) is 11.8 Å². The third-order valence-electron chi connectivity index (χ3n) is 4.41. The van der Waals surface area contributed by atoms with E-state index < -0.39 is 0 Å². The molecule has 3 heteroatoms. The van der Waals surface area contributed by atoms with E-state index in [0.717, 1.165) is 30.5 Å². The summed E-state index contributed by atoms with van der Waals surface area (Å²) < 4.78 is 0. The van der Waals surface area contributed by atoms with Crippen LogP contribution in [0.1, 0.15) is 24.8 Å². The van der Waals surface area contributed by atoms with Gasteiger partial charge in [0.25, 0.3) is 0 Å². The molecule has 18 heavy (non-hydrogen) atoms. The molecule has 96 valence electrons. The summed E-state index contributed by atoms with van der Waals surface area (Å²) in [6.07, 6.45) is 4.22. The van der Waals surface area contributed by atoms with Crippen molar-refractivity contribution >= 4 is 5.91 Å². The highest BCUT2D eigenvalue weighted by atomic mass is 16.3. The van der Waals surface area contributed by atoms with Gasteiger partial charge in [-0.3, -0.25) is 4.79 Å². The van der Waals surface area contributed by atoms with E-state index >= 15 is 0 Å². The summed E-state index contributed by atoms with van der Waals surface area (Å²) in [5.41, 5.74) is 0.736. The molecule has 1 aliphatic heterocycles. The maximum absolute atomic E-state index is 12.2. The number of aromatic hydroxyl groups is 1. The molecule has 0 radical (unpaired) electrons. The monoisotopic (exact) mass is 245 g/mol. The maximum Gasteiger partial charge on any atom is 0.227 e. The fourth-order valence-electron chi connectivity index (χ4n) is 3.37. The van der Waals surface area contributed by atoms with E-state index in [2.05, 4.69) is 0 Å². The van der Waals surface area contributed by atoms with Crippen LogP contribution in [-0.2, 0) is 11.2 Å². The summed E-state index contributed by atoms with van der Waals surface area (Å²) in [6.45, 7) is 1.86. The Labute approximate surface area is 107 Å². The predicted molar refractivity (Wildman–Crippen MR) is 69.2 cm³/mol. The van der Waals surface area contributed by atoms with Crippen molar-refractivity contribution in [2.45, 2.75) is 25.7 Å². The van der Waals surface area contributed by atoms with Gasteiger partial charge in [0.05, 0.1) is 6.42 Å². The highest BCUT2D eigenvalue weighted by Crippen LogP contribution is 2.37. The van der Waals surface area contributed by atoms with Gasteiger partial charge in [0.2, 0.25) is 5.91 Å². The van der Waals surface area contributed by atoms with Crippen LogP contribution >= 0.6 is 0 Å². The molecule has 1 aromatic carbocycles. The Kier molecular flexibility index (Phi) is 2.98. The molecule has 1 aliphatic carbocycles. The molecular formula is C15H19NO2. The molecule has 2 fully saturated rings. The van der Waals surface area contributed by atoms with E-state index in [-0.39, 0.29) is 11.7 Å². The van der Waals surface area contributed by atoms with Gasteiger partial charge >= 0.3 is 0 Å². The number of fused-ring (bicyclic) bond motifs is 1. The molecule has 1 aromatic rings. The van der Waals surface area contributed by atoms with Crippen LogP contribution in [0.4, 0.5) is 0 Å². The summed E-state index contributed by atoms with van der Waals surface area (Å²) in [6, 6.07) is 7.11. The number of benzene rings is 1. The Morgan fingerprint density at radius 3 is 2.56 bits per heavy atom. The number of hydrogen-bond donors (Lipinski definition) is 1. The summed E-state index contributed by atoms with van der Waals surface area (Å²) in [7, 11) is 0. The third-order valence-corrected chi connectivity index (χ3v) is 4.41. The number of carbonyl (C=O) groups is 1. The summed E-state index contributed by atoms with van der Waals surface area (Å²) in [5.74, 6) is 1.85. The van der Waals surface area contributed by atoms with Crippen molar-refractivity contribution < 1.29 is 9.90 Å². The average molecular weight is 245 g/mol. The van der Waals surface area contributed by atoms with E-state index in [0.29, 0.717) is 6.42 Å². The highest BCUT2D eigenvalue weighted by molar-refractivity contribution is 5.79. The zero-order chi connectivity index (χ0) is 12.5. The van der Waals surface area contributed by atoms with Gasteiger partial charge in [-0.1, -0.05) is 24.6 Å². The van der Waals surface area contributed by atoms with Gasteiger partial charge in [-0.2, -0.15) is 0 Å². The van der Waals surface area contributed by atoms with Crippen molar-refractivity contribution in [1.29, 1.82) is 0 Å². The summed E-state index contributed by atoms with van der Waals surface area (Å²) in [5, 5.41) is 9.69. The summed E-state index contributed by atoms with van der Waals surface area (Å²) in [4.78, 5) is 14.2. The standard InChI is InChI=1S/C15H19NO2/c17-14-7-2-1-4-11(14)8-15(18)16-9-12-5-3-6-13(12)10-16/h1-2,4,7,12-13,17H,3,5-6,8-10H2. The normalized spacial score (nSPS) is 26.3. The maximum atomic E-state index is 12.2. The first-order valence-electron chi connectivity index (χ1n) is 6.78. The Balaban J connectivity index is 1.64. The van der Waals surface area contributed by atoms with Crippen LogP contribution in [0.2, 0.25) is 0 Å². The number of likely N-dealkylation sites (tertiary alicyclic amines) is 1. The van der Waals surface area contributed by atoms with Crippen molar-refractivity contribution in [2.75, 3.05) is 13.1 Å². The minimum absolute atomic E-state index is 0.158. The van der Waals surface area contributed by atoms with E-state index in [1.165, 1.54) is 19.3 Å². The minimum Gasteiger partial charge on any atom is -0.508 e. The zero-order valence-electron chi connectivity index (χ0n) is 10.5. The lowest BCUT2D eigenvalue weighted by molar-refractivity contribution is -0.129. The van der Waals surface area contributed by atoms with E-state index in [4.69, 9.17) is 0 Å². The smallest absolute Gasteiger partial charge is 0.227 e. The largest absolute Gasteiger partial charge is 0.508 e. The number of para-hydroxylation sites is 1. The Hall–Kier alpha value is -1.51. The van der Waals surface area contributed by atoms with E-state index in [1.54, 1.807) is 12.1 Å². The Morgan fingerprint density at radius 1 is 1.22 bits per heavy atom. The van der Waals surface area contributed by atoms with Crippen molar-refractivity contribution in [3.05, 3.63) is 29.8 Å². The van der Waals surface area contributed by atoms with Crippen molar-refractivity contribution in [1.82, 2.24) is 4.90 Å². The molecule has 0 aromatic heterocycles.